The van der Waals surface area contributed by atoms with Crippen LogP contribution in [0.2, 0.25) is 0 Å². The predicted molar refractivity (Wildman–Crippen MR) is 134 cm³/mol. The predicted octanol–water partition coefficient (Wildman–Crippen LogP) is 5.82. The van der Waals surface area contributed by atoms with E-state index in [9.17, 15) is 0 Å². The van der Waals surface area contributed by atoms with Gasteiger partial charge in [-0.15, -0.1) is 0 Å². The largest absolute Gasteiger partial charge is 0.497 e. The van der Waals surface area contributed by atoms with Crippen molar-refractivity contribution in [2.45, 2.75) is 12.1 Å². The van der Waals surface area contributed by atoms with Gasteiger partial charge in [0.2, 0.25) is 0 Å². The maximum absolute atomic E-state index is 5.84. The Morgan fingerprint density at radius 1 is 0.969 bits per heavy atom. The van der Waals surface area contributed by atoms with Gasteiger partial charge in [0, 0.05) is 40.0 Å². The lowest BCUT2D eigenvalue weighted by Gasteiger charge is -2.29. The van der Waals surface area contributed by atoms with Crippen molar-refractivity contribution in [3.8, 4) is 11.4 Å². The molecule has 2 unspecified atom stereocenters. The minimum Gasteiger partial charge on any atom is -0.497 e. The molecule has 32 heavy (non-hydrogen) atoms. The van der Waals surface area contributed by atoms with Gasteiger partial charge < -0.3 is 19.5 Å². The average Bonchev–Trinajstić information content (AvgIpc) is 3.44. The highest BCUT2D eigenvalue weighted by molar-refractivity contribution is 9.10. The van der Waals surface area contributed by atoms with Gasteiger partial charge in [0.15, 0.2) is 5.11 Å². The van der Waals surface area contributed by atoms with Crippen LogP contribution in [0, 0.1) is 0 Å². The van der Waals surface area contributed by atoms with Crippen LogP contribution < -0.4 is 15.0 Å². The first-order chi connectivity index (χ1) is 15.7. The van der Waals surface area contributed by atoms with E-state index in [0.717, 1.165) is 33.0 Å². The Hall–Kier alpha value is -3.16. The number of thiocarbonyl (C=S) groups is 1. The van der Waals surface area contributed by atoms with Crippen molar-refractivity contribution < 1.29 is 4.74 Å². The van der Waals surface area contributed by atoms with Gasteiger partial charge in [-0.2, -0.15) is 0 Å². The molecule has 1 saturated heterocycles. The van der Waals surface area contributed by atoms with Gasteiger partial charge in [-0.25, -0.2) is 0 Å². The molecular formula is C25H21BrN4OS. The van der Waals surface area contributed by atoms with E-state index in [2.05, 4.69) is 72.2 Å². The fourth-order valence-electron chi connectivity index (χ4n) is 4.19. The first kappa shape index (κ1) is 20.7. The van der Waals surface area contributed by atoms with E-state index < -0.39 is 0 Å². The fourth-order valence-corrected chi connectivity index (χ4v) is 4.92. The first-order valence-corrected chi connectivity index (χ1v) is 11.4. The summed E-state index contributed by atoms with van der Waals surface area (Å²) in [6.45, 7) is 0. The zero-order valence-corrected chi connectivity index (χ0v) is 19.8. The molecule has 2 aromatic heterocycles. The molecule has 0 saturated carbocycles. The number of pyridine rings is 1. The molecule has 0 radical (unpaired) electrons. The number of methoxy groups -OCH3 is 1. The van der Waals surface area contributed by atoms with Crippen LogP contribution in [0.15, 0.2) is 95.7 Å². The summed E-state index contributed by atoms with van der Waals surface area (Å²) in [5.74, 6) is 0.785. The second kappa shape index (κ2) is 8.76. The third-order valence-corrected chi connectivity index (χ3v) is 6.41. The van der Waals surface area contributed by atoms with E-state index in [1.807, 2.05) is 54.7 Å². The zero-order valence-electron chi connectivity index (χ0n) is 17.4. The van der Waals surface area contributed by atoms with Crippen molar-refractivity contribution >= 4 is 38.9 Å². The molecule has 1 aliphatic rings. The van der Waals surface area contributed by atoms with Crippen molar-refractivity contribution in [1.29, 1.82) is 0 Å². The topological polar surface area (TPSA) is 42.3 Å². The number of benzene rings is 2. The zero-order chi connectivity index (χ0) is 22.1. The highest BCUT2D eigenvalue weighted by Gasteiger charge is 2.42. The number of nitrogens with zero attached hydrogens (tertiary/aromatic N) is 3. The SMILES string of the molecule is COc1cccc(N2C(=S)NC(c3ccccn3)C2c2cccn2-c2cccc(Br)c2)c1. The number of hydrogen-bond acceptors (Lipinski definition) is 3. The third kappa shape index (κ3) is 3.78. The smallest absolute Gasteiger partial charge is 0.174 e. The number of aromatic nitrogens is 2. The van der Waals surface area contributed by atoms with E-state index >= 15 is 0 Å². The molecule has 5 rings (SSSR count). The molecule has 4 aromatic rings. The number of halogens is 1. The van der Waals surface area contributed by atoms with Crippen LogP contribution in [0.5, 0.6) is 5.75 Å². The van der Waals surface area contributed by atoms with Crippen LogP contribution in [0.25, 0.3) is 5.69 Å². The summed E-state index contributed by atoms with van der Waals surface area (Å²) in [6, 6.07) is 26.2. The van der Waals surface area contributed by atoms with Crippen LogP contribution in [0.1, 0.15) is 23.5 Å². The molecule has 3 heterocycles. The Morgan fingerprint density at radius 3 is 2.59 bits per heavy atom. The molecule has 0 bridgehead atoms. The Kier molecular flexibility index (Phi) is 5.68. The van der Waals surface area contributed by atoms with E-state index in [4.69, 9.17) is 17.0 Å². The summed E-state index contributed by atoms with van der Waals surface area (Å²) in [4.78, 5) is 6.80. The molecule has 5 nitrogen and oxygen atoms in total. The molecule has 1 fully saturated rings. The second-order valence-electron chi connectivity index (χ2n) is 7.48. The van der Waals surface area contributed by atoms with Gasteiger partial charge in [-0.3, -0.25) is 4.98 Å². The number of ether oxygens (including phenoxy) is 1. The normalized spacial score (nSPS) is 17.9. The fraction of sp³-hybridized carbons (Fsp3) is 0.120. The minimum atomic E-state index is -0.115. The summed E-state index contributed by atoms with van der Waals surface area (Å²) < 4.78 is 8.71. The molecule has 2 atom stereocenters. The summed E-state index contributed by atoms with van der Waals surface area (Å²) in [6.07, 6.45) is 3.90. The maximum Gasteiger partial charge on any atom is 0.174 e. The lowest BCUT2D eigenvalue weighted by Crippen LogP contribution is -2.30. The van der Waals surface area contributed by atoms with Gasteiger partial charge in [0.25, 0.3) is 0 Å². The van der Waals surface area contributed by atoms with E-state index in [1.54, 1.807) is 7.11 Å². The summed E-state index contributed by atoms with van der Waals surface area (Å²) >= 11 is 9.44. The molecule has 0 spiro atoms. The molecule has 0 amide bonds. The summed E-state index contributed by atoms with van der Waals surface area (Å²) in [7, 11) is 1.67. The van der Waals surface area contributed by atoms with Gasteiger partial charge in [-0.05, 0) is 66.8 Å². The van der Waals surface area contributed by atoms with Gasteiger partial charge in [-0.1, -0.05) is 34.1 Å². The Labute approximate surface area is 200 Å². The number of nitrogens with one attached hydrogen (secondary N) is 1. The van der Waals surface area contributed by atoms with Crippen LogP contribution >= 0.6 is 28.1 Å². The van der Waals surface area contributed by atoms with Crippen LogP contribution in [0.4, 0.5) is 5.69 Å². The van der Waals surface area contributed by atoms with Crippen LogP contribution in [-0.2, 0) is 0 Å². The van der Waals surface area contributed by atoms with Gasteiger partial charge in [0.1, 0.15) is 11.8 Å². The third-order valence-electron chi connectivity index (χ3n) is 5.60. The lowest BCUT2D eigenvalue weighted by molar-refractivity contribution is 0.414. The highest BCUT2D eigenvalue weighted by atomic mass is 79.9. The Bertz CT molecular complexity index is 1260. The molecular weight excluding hydrogens is 484 g/mol. The van der Waals surface area contributed by atoms with Gasteiger partial charge >= 0.3 is 0 Å². The standard InChI is InChI=1S/C25H21BrN4OS/c1-31-20-10-5-9-19(16-20)30-24(23(28-25(30)32)21-11-2-3-13-27-21)22-12-6-14-29(22)18-8-4-7-17(26)15-18/h2-16,23-24H,1H3,(H,28,32). The van der Waals surface area contributed by atoms with Crippen molar-refractivity contribution in [3.63, 3.8) is 0 Å². The average molecular weight is 505 g/mol. The molecule has 2 aromatic carbocycles. The van der Waals surface area contributed by atoms with E-state index in [1.165, 1.54) is 0 Å². The monoisotopic (exact) mass is 504 g/mol. The van der Waals surface area contributed by atoms with E-state index in [0.29, 0.717) is 5.11 Å². The highest BCUT2D eigenvalue weighted by Crippen LogP contribution is 2.42. The number of hydrogen-bond donors (Lipinski definition) is 1. The number of anilines is 1. The van der Waals surface area contributed by atoms with Crippen LogP contribution in [-0.4, -0.2) is 21.8 Å². The Balaban J connectivity index is 1.67. The van der Waals surface area contributed by atoms with Crippen molar-refractivity contribution in [1.82, 2.24) is 14.9 Å². The molecule has 7 heteroatoms. The summed E-state index contributed by atoms with van der Waals surface area (Å²) in [5.41, 5.74) is 4.08. The van der Waals surface area contributed by atoms with Crippen molar-refractivity contribution in [3.05, 3.63) is 107 Å². The quantitative estimate of drug-likeness (QED) is 0.346. The number of rotatable bonds is 5. The molecule has 1 aliphatic heterocycles. The van der Waals surface area contributed by atoms with Gasteiger partial charge in [0.05, 0.1) is 18.8 Å². The lowest BCUT2D eigenvalue weighted by atomic mass is 10.0. The summed E-state index contributed by atoms with van der Waals surface area (Å²) in [5, 5.41) is 4.17. The minimum absolute atomic E-state index is 0.113. The second-order valence-corrected chi connectivity index (χ2v) is 8.78. The van der Waals surface area contributed by atoms with Crippen LogP contribution in [0.3, 0.4) is 0 Å². The first-order valence-electron chi connectivity index (χ1n) is 10.2. The van der Waals surface area contributed by atoms with Crippen molar-refractivity contribution in [2.75, 3.05) is 12.0 Å². The molecule has 160 valence electrons. The molecule has 0 aliphatic carbocycles. The maximum atomic E-state index is 5.84. The Morgan fingerprint density at radius 2 is 1.81 bits per heavy atom. The van der Waals surface area contributed by atoms with E-state index in [-0.39, 0.29) is 12.1 Å². The molecule has 1 N–H and O–H groups in total. The van der Waals surface area contributed by atoms with Crippen molar-refractivity contribution in [2.24, 2.45) is 0 Å².